The number of rotatable bonds is 7. The molecule has 3 aromatic rings. The molecular weight excluding hydrogens is 430 g/mol. The van der Waals surface area contributed by atoms with Crippen molar-refractivity contribution < 1.29 is 14.4 Å². The van der Waals surface area contributed by atoms with Gasteiger partial charge in [-0.1, -0.05) is 6.07 Å². The highest BCUT2D eigenvalue weighted by Crippen LogP contribution is 2.37. The van der Waals surface area contributed by atoms with E-state index in [2.05, 4.69) is 31.0 Å². The average Bonchev–Trinajstić information content (AvgIpc) is 3.10. The Bertz CT molecular complexity index is 1020. The molecule has 0 N–H and O–H groups in total. The van der Waals surface area contributed by atoms with Gasteiger partial charge in [-0.3, -0.25) is 14.8 Å². The Morgan fingerprint density at radius 2 is 2.07 bits per heavy atom. The number of aromatic nitrogens is 4. The normalized spacial score (nSPS) is 10.9. The van der Waals surface area contributed by atoms with Crippen LogP contribution in [0, 0.1) is 17.0 Å². The molecule has 0 amide bonds. The van der Waals surface area contributed by atoms with Gasteiger partial charge < -0.3 is 9.47 Å². The highest BCUT2D eigenvalue weighted by molar-refractivity contribution is 9.10. The Morgan fingerprint density at radius 1 is 1.29 bits per heavy atom. The van der Waals surface area contributed by atoms with Crippen molar-refractivity contribution in [1.82, 2.24) is 19.7 Å². The molecular formula is C18H18BrN5O4. The molecule has 0 atom stereocenters. The van der Waals surface area contributed by atoms with Gasteiger partial charge in [-0.2, -0.15) is 5.10 Å². The van der Waals surface area contributed by atoms with Crippen LogP contribution in [0.15, 0.2) is 35.2 Å². The van der Waals surface area contributed by atoms with E-state index in [1.54, 1.807) is 13.1 Å². The number of nitro groups is 1. The summed E-state index contributed by atoms with van der Waals surface area (Å²) < 4.78 is 13.3. The Morgan fingerprint density at radius 3 is 2.71 bits per heavy atom. The summed E-state index contributed by atoms with van der Waals surface area (Å²) in [5, 5.41) is 15.7. The lowest BCUT2D eigenvalue weighted by molar-refractivity contribution is -0.385. The molecule has 0 aliphatic carbocycles. The van der Waals surface area contributed by atoms with Crippen LogP contribution in [0.25, 0.3) is 11.4 Å². The second kappa shape index (κ2) is 8.44. The van der Waals surface area contributed by atoms with E-state index in [0.29, 0.717) is 17.0 Å². The SMILES string of the molecule is COc1c(-c2ncn(C)n2)cc(COCc2nc(Br)ccc2C)cc1[N+](=O)[O-]. The first-order valence-corrected chi connectivity index (χ1v) is 9.09. The van der Waals surface area contributed by atoms with Crippen molar-refractivity contribution >= 4 is 21.6 Å². The average molecular weight is 448 g/mol. The first kappa shape index (κ1) is 19.9. The molecule has 0 radical (unpaired) electrons. The van der Waals surface area contributed by atoms with Crippen molar-refractivity contribution in [3.63, 3.8) is 0 Å². The smallest absolute Gasteiger partial charge is 0.312 e. The third kappa shape index (κ3) is 4.34. The van der Waals surface area contributed by atoms with Crippen LogP contribution < -0.4 is 4.74 Å². The lowest BCUT2D eigenvalue weighted by Crippen LogP contribution is -2.02. The number of hydrogen-bond donors (Lipinski definition) is 0. The Labute approximate surface area is 169 Å². The summed E-state index contributed by atoms with van der Waals surface area (Å²) in [6, 6.07) is 6.98. The fourth-order valence-electron chi connectivity index (χ4n) is 2.69. The summed E-state index contributed by atoms with van der Waals surface area (Å²) in [5.41, 5.74) is 2.68. The van der Waals surface area contributed by atoms with Crippen LogP contribution >= 0.6 is 15.9 Å². The minimum absolute atomic E-state index is 0.115. The van der Waals surface area contributed by atoms with Crippen molar-refractivity contribution in [2.24, 2.45) is 7.05 Å². The molecule has 2 heterocycles. The van der Waals surface area contributed by atoms with Gasteiger partial charge in [-0.25, -0.2) is 9.97 Å². The van der Waals surface area contributed by atoms with E-state index in [1.807, 2.05) is 19.1 Å². The van der Waals surface area contributed by atoms with Crippen molar-refractivity contribution in [3.05, 3.63) is 62.1 Å². The molecule has 1 aromatic carbocycles. The summed E-state index contributed by atoms with van der Waals surface area (Å²) in [7, 11) is 3.10. The van der Waals surface area contributed by atoms with Crippen molar-refractivity contribution in [2.45, 2.75) is 20.1 Å². The molecule has 3 rings (SSSR count). The Kier molecular flexibility index (Phi) is 6.00. The van der Waals surface area contributed by atoms with Crippen LogP contribution in [0.2, 0.25) is 0 Å². The van der Waals surface area contributed by atoms with Crippen molar-refractivity contribution in [3.8, 4) is 17.1 Å². The van der Waals surface area contributed by atoms with Crippen LogP contribution in [-0.2, 0) is 25.0 Å². The number of methoxy groups -OCH3 is 1. The molecule has 0 fully saturated rings. The van der Waals surface area contributed by atoms with Crippen LogP contribution in [-0.4, -0.2) is 31.8 Å². The van der Waals surface area contributed by atoms with E-state index >= 15 is 0 Å². The minimum Gasteiger partial charge on any atom is -0.490 e. The number of pyridine rings is 1. The first-order valence-electron chi connectivity index (χ1n) is 8.30. The number of aryl methyl sites for hydroxylation is 2. The van der Waals surface area contributed by atoms with Gasteiger partial charge in [0.2, 0.25) is 5.75 Å². The van der Waals surface area contributed by atoms with Crippen LogP contribution in [0.5, 0.6) is 5.75 Å². The highest BCUT2D eigenvalue weighted by atomic mass is 79.9. The predicted octanol–water partition coefficient (Wildman–Crippen LogP) is 3.58. The molecule has 0 spiro atoms. The standard InChI is InChI=1S/C18H18BrN5O4/c1-11-4-5-16(19)21-14(11)9-28-8-12-6-13(18-20-10-23(2)22-18)17(27-3)15(7-12)24(25)26/h4-7,10H,8-9H2,1-3H3. The van der Waals surface area contributed by atoms with Gasteiger partial charge in [0.15, 0.2) is 5.82 Å². The third-order valence-corrected chi connectivity index (χ3v) is 4.49. The van der Waals surface area contributed by atoms with E-state index < -0.39 is 4.92 Å². The number of benzene rings is 1. The molecule has 10 heteroatoms. The quantitative estimate of drug-likeness (QED) is 0.309. The zero-order valence-corrected chi connectivity index (χ0v) is 17.1. The van der Waals surface area contributed by atoms with Crippen molar-refractivity contribution in [2.75, 3.05) is 7.11 Å². The molecule has 28 heavy (non-hydrogen) atoms. The second-order valence-electron chi connectivity index (χ2n) is 6.09. The summed E-state index contributed by atoms with van der Waals surface area (Å²) in [6.45, 7) is 2.39. The number of halogens is 1. The van der Waals surface area contributed by atoms with Gasteiger partial charge in [0.05, 0.1) is 36.5 Å². The fraction of sp³-hybridized carbons (Fsp3) is 0.278. The summed E-state index contributed by atoms with van der Waals surface area (Å²) in [5.74, 6) is 0.457. The maximum absolute atomic E-state index is 11.5. The Hall–Kier alpha value is -2.85. The molecule has 0 aliphatic heterocycles. The molecule has 0 bridgehead atoms. The molecule has 0 saturated carbocycles. The monoisotopic (exact) mass is 447 g/mol. The second-order valence-corrected chi connectivity index (χ2v) is 6.90. The number of nitrogens with zero attached hydrogens (tertiary/aromatic N) is 5. The fourth-order valence-corrected chi connectivity index (χ4v) is 3.04. The summed E-state index contributed by atoms with van der Waals surface area (Å²) >= 11 is 3.34. The van der Waals surface area contributed by atoms with Gasteiger partial charge in [-0.15, -0.1) is 0 Å². The molecule has 146 valence electrons. The van der Waals surface area contributed by atoms with Crippen LogP contribution in [0.3, 0.4) is 0 Å². The van der Waals surface area contributed by atoms with Gasteiger partial charge in [-0.05, 0) is 46.1 Å². The zero-order valence-electron chi connectivity index (χ0n) is 15.5. The van der Waals surface area contributed by atoms with Gasteiger partial charge in [0.1, 0.15) is 10.9 Å². The molecule has 9 nitrogen and oxygen atoms in total. The summed E-state index contributed by atoms with van der Waals surface area (Å²) in [4.78, 5) is 19.6. The zero-order chi connectivity index (χ0) is 20.3. The predicted molar refractivity (Wildman–Crippen MR) is 105 cm³/mol. The van der Waals surface area contributed by atoms with Gasteiger partial charge >= 0.3 is 5.69 Å². The topological polar surface area (TPSA) is 105 Å². The number of ether oxygens (including phenoxy) is 2. The van der Waals surface area contributed by atoms with Gasteiger partial charge in [0, 0.05) is 13.1 Å². The minimum atomic E-state index is -0.491. The lowest BCUT2D eigenvalue weighted by atomic mass is 10.1. The molecule has 0 unspecified atom stereocenters. The lowest BCUT2D eigenvalue weighted by Gasteiger charge is -2.11. The molecule has 2 aromatic heterocycles. The summed E-state index contributed by atoms with van der Waals surface area (Å²) in [6.07, 6.45) is 1.52. The van der Waals surface area contributed by atoms with E-state index in [4.69, 9.17) is 9.47 Å². The van der Waals surface area contributed by atoms with E-state index in [0.717, 1.165) is 15.9 Å². The van der Waals surface area contributed by atoms with E-state index in [1.165, 1.54) is 24.2 Å². The van der Waals surface area contributed by atoms with E-state index in [-0.39, 0.29) is 24.7 Å². The maximum Gasteiger partial charge on any atom is 0.312 e. The van der Waals surface area contributed by atoms with E-state index in [9.17, 15) is 10.1 Å². The Balaban J connectivity index is 1.89. The maximum atomic E-state index is 11.5. The van der Waals surface area contributed by atoms with Crippen molar-refractivity contribution in [1.29, 1.82) is 0 Å². The first-order chi connectivity index (χ1) is 13.4. The largest absolute Gasteiger partial charge is 0.490 e. The molecule has 0 aliphatic rings. The van der Waals surface area contributed by atoms with Crippen LogP contribution in [0.4, 0.5) is 5.69 Å². The van der Waals surface area contributed by atoms with Gasteiger partial charge in [0.25, 0.3) is 0 Å². The highest BCUT2D eigenvalue weighted by Gasteiger charge is 2.23. The van der Waals surface area contributed by atoms with Crippen LogP contribution in [0.1, 0.15) is 16.8 Å². The molecule has 0 saturated heterocycles. The number of hydrogen-bond acceptors (Lipinski definition) is 7. The third-order valence-electron chi connectivity index (χ3n) is 4.05. The number of nitro benzene ring substituents is 1.